The van der Waals surface area contributed by atoms with E-state index < -0.39 is 10.0 Å². The van der Waals surface area contributed by atoms with Crippen molar-refractivity contribution in [3.63, 3.8) is 0 Å². The Bertz CT molecular complexity index is 331. The summed E-state index contributed by atoms with van der Waals surface area (Å²) in [5, 5.41) is 0. The largest absolute Gasteiger partial charge is 0.369 e. The van der Waals surface area contributed by atoms with E-state index in [4.69, 9.17) is 5.73 Å². The number of hydrogen-bond acceptors (Lipinski definition) is 3. The summed E-state index contributed by atoms with van der Waals surface area (Å²) in [6.07, 6.45) is 2.65. The van der Waals surface area contributed by atoms with Crippen LogP contribution in [0.5, 0.6) is 0 Å². The summed E-state index contributed by atoms with van der Waals surface area (Å²) < 4.78 is 23.9. The number of carbonyl (C=O) groups is 1. The summed E-state index contributed by atoms with van der Waals surface area (Å²) in [5.74, 6) is -0.236. The average molecular weight is 234 g/mol. The van der Waals surface area contributed by atoms with Gasteiger partial charge in [0, 0.05) is 19.0 Å². The Morgan fingerprint density at radius 2 is 1.87 bits per heavy atom. The van der Waals surface area contributed by atoms with Gasteiger partial charge in [0.25, 0.3) is 0 Å². The van der Waals surface area contributed by atoms with E-state index in [1.54, 1.807) is 0 Å². The topological polar surface area (TPSA) is 80.5 Å². The van der Waals surface area contributed by atoms with Crippen molar-refractivity contribution in [2.75, 3.05) is 19.3 Å². The molecule has 0 radical (unpaired) electrons. The number of nitrogens with two attached hydrogens (primary N) is 1. The number of primary amides is 1. The van der Waals surface area contributed by atoms with E-state index >= 15 is 0 Å². The first-order valence-electron chi connectivity index (χ1n) is 5.07. The van der Waals surface area contributed by atoms with Gasteiger partial charge in [-0.25, -0.2) is 12.7 Å². The fourth-order valence-corrected chi connectivity index (χ4v) is 2.81. The minimum Gasteiger partial charge on any atom is -0.369 e. The Morgan fingerprint density at radius 1 is 1.40 bits per heavy atom. The van der Waals surface area contributed by atoms with Gasteiger partial charge < -0.3 is 5.73 Å². The van der Waals surface area contributed by atoms with E-state index in [1.165, 1.54) is 10.6 Å². The van der Waals surface area contributed by atoms with Gasteiger partial charge in [-0.1, -0.05) is 6.92 Å². The summed E-state index contributed by atoms with van der Waals surface area (Å²) in [6, 6.07) is 0. The number of amides is 1. The van der Waals surface area contributed by atoms with Crippen LogP contribution >= 0.6 is 0 Å². The monoisotopic (exact) mass is 234 g/mol. The molecule has 1 aliphatic rings. The molecule has 1 rings (SSSR count). The molecule has 0 aliphatic carbocycles. The molecule has 5 nitrogen and oxygen atoms in total. The summed E-state index contributed by atoms with van der Waals surface area (Å²) in [4.78, 5) is 11.0. The molecule has 0 bridgehead atoms. The van der Waals surface area contributed by atoms with Crippen LogP contribution in [0, 0.1) is 11.8 Å². The maximum Gasteiger partial charge on any atom is 0.220 e. The molecule has 1 unspecified atom stereocenters. The van der Waals surface area contributed by atoms with E-state index in [1.807, 2.05) is 6.92 Å². The van der Waals surface area contributed by atoms with Crippen molar-refractivity contribution in [2.45, 2.75) is 19.8 Å². The number of nitrogens with zero attached hydrogens (tertiary/aromatic N) is 1. The molecular weight excluding hydrogens is 216 g/mol. The van der Waals surface area contributed by atoms with Gasteiger partial charge in [0.05, 0.1) is 6.26 Å². The number of rotatable bonds is 3. The first-order valence-corrected chi connectivity index (χ1v) is 6.91. The molecular formula is C9H18N2O3S. The summed E-state index contributed by atoms with van der Waals surface area (Å²) in [5.41, 5.74) is 5.22. The molecule has 1 saturated heterocycles. The smallest absolute Gasteiger partial charge is 0.220 e. The van der Waals surface area contributed by atoms with Gasteiger partial charge >= 0.3 is 0 Å². The van der Waals surface area contributed by atoms with Crippen LogP contribution in [-0.2, 0) is 14.8 Å². The second-order valence-corrected chi connectivity index (χ2v) is 6.17. The zero-order valence-electron chi connectivity index (χ0n) is 9.14. The van der Waals surface area contributed by atoms with Crippen molar-refractivity contribution < 1.29 is 13.2 Å². The van der Waals surface area contributed by atoms with Gasteiger partial charge in [-0.2, -0.15) is 0 Å². The molecule has 1 aliphatic heterocycles. The predicted octanol–water partition coefficient (Wildman–Crippen LogP) is -0.221. The minimum absolute atomic E-state index is 0.160. The Morgan fingerprint density at radius 3 is 2.20 bits per heavy atom. The van der Waals surface area contributed by atoms with Crippen LogP contribution < -0.4 is 5.73 Å². The third-order valence-corrected chi connectivity index (χ3v) is 4.43. The van der Waals surface area contributed by atoms with E-state index in [0.717, 1.165) is 12.8 Å². The fourth-order valence-electron chi connectivity index (χ4n) is 1.94. The molecule has 1 fully saturated rings. The lowest BCUT2D eigenvalue weighted by molar-refractivity contribution is -0.123. The van der Waals surface area contributed by atoms with Gasteiger partial charge in [-0.15, -0.1) is 0 Å². The van der Waals surface area contributed by atoms with Crippen molar-refractivity contribution in [3.8, 4) is 0 Å². The zero-order valence-corrected chi connectivity index (χ0v) is 9.96. The minimum atomic E-state index is -3.08. The lowest BCUT2D eigenvalue weighted by Gasteiger charge is -2.32. The fraction of sp³-hybridized carbons (Fsp3) is 0.889. The molecule has 15 heavy (non-hydrogen) atoms. The highest BCUT2D eigenvalue weighted by molar-refractivity contribution is 7.88. The quantitative estimate of drug-likeness (QED) is 0.733. The first-order chi connectivity index (χ1) is 6.82. The Balaban J connectivity index is 2.53. The van der Waals surface area contributed by atoms with E-state index in [2.05, 4.69) is 0 Å². The van der Waals surface area contributed by atoms with E-state index in [0.29, 0.717) is 13.1 Å². The zero-order chi connectivity index (χ0) is 11.6. The molecule has 1 amide bonds. The molecule has 88 valence electrons. The molecule has 0 saturated carbocycles. The van der Waals surface area contributed by atoms with Crippen LogP contribution in [0.4, 0.5) is 0 Å². The van der Waals surface area contributed by atoms with E-state index in [-0.39, 0.29) is 17.7 Å². The lowest BCUT2D eigenvalue weighted by Crippen LogP contribution is -2.41. The van der Waals surface area contributed by atoms with Crippen LogP contribution in [-0.4, -0.2) is 38.0 Å². The number of carbonyl (C=O) groups excluding carboxylic acids is 1. The molecule has 2 N–H and O–H groups in total. The highest BCUT2D eigenvalue weighted by atomic mass is 32.2. The summed E-state index contributed by atoms with van der Waals surface area (Å²) in [7, 11) is -3.08. The molecule has 0 aromatic heterocycles. The summed E-state index contributed by atoms with van der Waals surface area (Å²) in [6.45, 7) is 2.81. The standard InChI is InChI=1S/C9H18N2O3S/c1-7(9(10)12)8-3-5-11(6-4-8)15(2,13)14/h7-8H,3-6H2,1-2H3,(H2,10,12). The van der Waals surface area contributed by atoms with Gasteiger partial charge in [0.1, 0.15) is 0 Å². The SMILES string of the molecule is CC(C(N)=O)C1CCN(S(C)(=O)=O)CC1. The second kappa shape index (κ2) is 4.49. The number of piperidine rings is 1. The van der Waals surface area contributed by atoms with Crippen LogP contribution in [0.3, 0.4) is 0 Å². The van der Waals surface area contributed by atoms with Gasteiger partial charge in [-0.05, 0) is 18.8 Å². The molecule has 0 aromatic rings. The molecule has 1 heterocycles. The van der Waals surface area contributed by atoms with Crippen molar-refractivity contribution in [1.82, 2.24) is 4.31 Å². The van der Waals surface area contributed by atoms with Gasteiger partial charge in [0.2, 0.25) is 15.9 Å². The maximum atomic E-state index is 11.2. The first kappa shape index (κ1) is 12.4. The van der Waals surface area contributed by atoms with Crippen molar-refractivity contribution >= 4 is 15.9 Å². The third-order valence-electron chi connectivity index (χ3n) is 3.12. The summed E-state index contributed by atoms with van der Waals surface area (Å²) >= 11 is 0. The van der Waals surface area contributed by atoms with Gasteiger partial charge in [-0.3, -0.25) is 4.79 Å². The van der Waals surface area contributed by atoms with Crippen molar-refractivity contribution in [1.29, 1.82) is 0 Å². The normalized spacial score (nSPS) is 22.5. The van der Waals surface area contributed by atoms with Crippen LogP contribution in [0.1, 0.15) is 19.8 Å². The van der Waals surface area contributed by atoms with Crippen LogP contribution in [0.25, 0.3) is 0 Å². The molecule has 1 atom stereocenters. The predicted molar refractivity (Wildman–Crippen MR) is 57.5 cm³/mol. The number of hydrogen-bond donors (Lipinski definition) is 1. The Hall–Kier alpha value is -0.620. The van der Waals surface area contributed by atoms with Crippen LogP contribution in [0.15, 0.2) is 0 Å². The third kappa shape index (κ3) is 3.17. The maximum absolute atomic E-state index is 11.2. The Labute approximate surface area is 90.7 Å². The van der Waals surface area contributed by atoms with Gasteiger partial charge in [0.15, 0.2) is 0 Å². The van der Waals surface area contributed by atoms with Crippen molar-refractivity contribution in [3.05, 3.63) is 0 Å². The molecule has 0 spiro atoms. The highest BCUT2D eigenvalue weighted by Gasteiger charge is 2.29. The van der Waals surface area contributed by atoms with E-state index in [9.17, 15) is 13.2 Å². The lowest BCUT2D eigenvalue weighted by atomic mass is 9.86. The second-order valence-electron chi connectivity index (χ2n) is 4.19. The highest BCUT2D eigenvalue weighted by Crippen LogP contribution is 2.25. The average Bonchev–Trinajstić information content (AvgIpc) is 2.15. The number of sulfonamides is 1. The molecule has 0 aromatic carbocycles. The van der Waals surface area contributed by atoms with Crippen molar-refractivity contribution in [2.24, 2.45) is 17.6 Å². The molecule has 6 heteroatoms. The Kier molecular flexibility index (Phi) is 3.72. The van der Waals surface area contributed by atoms with Crippen LogP contribution in [0.2, 0.25) is 0 Å².